The topological polar surface area (TPSA) is 193 Å². The van der Waals surface area contributed by atoms with Crippen molar-refractivity contribution < 1.29 is 26.4 Å². The summed E-state index contributed by atoms with van der Waals surface area (Å²) < 4.78 is 51.0. The Balaban J connectivity index is 1.57. The first-order chi connectivity index (χ1) is 17.0. The number of sulfone groups is 1. The molecule has 1 fully saturated rings. The summed E-state index contributed by atoms with van der Waals surface area (Å²) in [6, 6.07) is 0.734. The predicted molar refractivity (Wildman–Crippen MR) is 131 cm³/mol. The van der Waals surface area contributed by atoms with Crippen LogP contribution in [-0.2, 0) is 26.4 Å². The van der Waals surface area contributed by atoms with E-state index in [9.17, 15) is 26.4 Å². The Kier molecular flexibility index (Phi) is 7.49. The fraction of sp³-hybridized carbons (Fsp3) is 0.350. The highest BCUT2D eigenvalue weighted by molar-refractivity contribution is 7.93. The van der Waals surface area contributed by atoms with Gasteiger partial charge in [0, 0.05) is 30.7 Å². The van der Waals surface area contributed by atoms with E-state index in [1.807, 2.05) is 0 Å². The molecule has 4 N–H and O–H groups in total. The number of imidazole rings is 1. The van der Waals surface area contributed by atoms with Gasteiger partial charge < -0.3 is 10.3 Å². The van der Waals surface area contributed by atoms with Crippen molar-refractivity contribution in [2.45, 2.75) is 41.6 Å². The van der Waals surface area contributed by atoms with Crippen LogP contribution in [0.25, 0.3) is 0 Å². The number of H-pyrrole nitrogens is 1. The van der Waals surface area contributed by atoms with Gasteiger partial charge in [0.2, 0.25) is 15.2 Å². The molecule has 3 aromatic heterocycles. The molecule has 1 aliphatic rings. The smallest absolute Gasteiger partial charge is 0.325 e. The lowest BCUT2D eigenvalue weighted by atomic mass is 9.96. The van der Waals surface area contributed by atoms with Crippen LogP contribution in [0.4, 0.5) is 15.6 Å². The number of hydrogen-bond donors (Lipinski definition) is 4. The largest absolute Gasteiger partial charge is 0.335 e. The molecule has 192 valence electrons. The molecule has 16 heteroatoms. The molecule has 0 radical (unpaired) electrons. The maximum atomic E-state index is 13.0. The molecule has 2 amide bonds. The zero-order valence-electron chi connectivity index (χ0n) is 19.0. The number of ketones is 1. The molecule has 0 atom stereocenters. The minimum atomic E-state index is -4.17. The van der Waals surface area contributed by atoms with Gasteiger partial charge in [0.1, 0.15) is 0 Å². The van der Waals surface area contributed by atoms with E-state index in [1.165, 1.54) is 30.9 Å². The van der Waals surface area contributed by atoms with E-state index in [4.69, 9.17) is 0 Å². The van der Waals surface area contributed by atoms with Gasteiger partial charge in [-0.1, -0.05) is 24.2 Å². The van der Waals surface area contributed by atoms with Crippen molar-refractivity contribution in [2.24, 2.45) is 5.92 Å². The Morgan fingerprint density at radius 2 is 1.89 bits per heavy atom. The van der Waals surface area contributed by atoms with Gasteiger partial charge in [-0.2, -0.15) is 0 Å². The third-order valence-corrected chi connectivity index (χ3v) is 9.26. The van der Waals surface area contributed by atoms with Gasteiger partial charge in [0.05, 0.1) is 29.7 Å². The minimum absolute atomic E-state index is 0.0916. The van der Waals surface area contributed by atoms with Gasteiger partial charge >= 0.3 is 6.03 Å². The number of rotatable bonds is 9. The van der Waals surface area contributed by atoms with Crippen molar-refractivity contribution in [3.63, 3.8) is 0 Å². The monoisotopic (exact) mass is 553 g/mol. The Morgan fingerprint density at radius 1 is 1.14 bits per heavy atom. The van der Waals surface area contributed by atoms with Gasteiger partial charge in [-0.15, -0.1) is 0 Å². The molecule has 0 spiro atoms. The van der Waals surface area contributed by atoms with Crippen molar-refractivity contribution in [2.75, 3.05) is 16.9 Å². The number of pyridine rings is 1. The highest BCUT2D eigenvalue weighted by Crippen LogP contribution is 2.32. The Labute approximate surface area is 211 Å². The van der Waals surface area contributed by atoms with Crippen LogP contribution in [0.5, 0.6) is 0 Å². The zero-order valence-corrected chi connectivity index (χ0v) is 21.5. The van der Waals surface area contributed by atoms with Crippen LogP contribution >= 0.6 is 11.3 Å². The van der Waals surface area contributed by atoms with Crippen LogP contribution < -0.4 is 15.4 Å². The van der Waals surface area contributed by atoms with E-state index in [0.717, 1.165) is 31.9 Å². The third-order valence-electron chi connectivity index (χ3n) is 5.42. The number of nitrogens with one attached hydrogen (secondary N) is 4. The molecular formula is C20H23N7O6S3. The van der Waals surface area contributed by atoms with Gasteiger partial charge in [-0.25, -0.2) is 36.3 Å². The molecule has 3 aromatic rings. The van der Waals surface area contributed by atoms with Crippen molar-refractivity contribution >= 4 is 53.8 Å². The van der Waals surface area contributed by atoms with Crippen molar-refractivity contribution in [1.82, 2.24) is 24.7 Å². The first-order valence-electron chi connectivity index (χ1n) is 10.8. The number of hydrogen-bond acceptors (Lipinski definition) is 10. The summed E-state index contributed by atoms with van der Waals surface area (Å²) in [7, 11) is -7.82. The molecule has 1 saturated carbocycles. The Hall–Kier alpha value is -3.21. The van der Waals surface area contributed by atoms with Crippen molar-refractivity contribution in [1.29, 1.82) is 0 Å². The van der Waals surface area contributed by atoms with E-state index in [-0.39, 0.29) is 43.1 Å². The van der Waals surface area contributed by atoms with Crippen LogP contribution in [0, 0.1) is 5.92 Å². The standard InChI is InChI=1S/C20H23N7O6S3/c1-35(30,31)24-11-15-17(36(32,33)20-22-8-9-23-20)34-19(26-15)27-18(29)25-14-6-7-21-10-13(14)16(28)12-4-2-3-5-12/h6-10,12,24H,2-5,11H2,1H3,(H,22,23)(H2,21,25,26,27,29). The fourth-order valence-corrected chi connectivity index (χ4v) is 6.80. The summed E-state index contributed by atoms with van der Waals surface area (Å²) in [5.41, 5.74) is 0.439. The van der Waals surface area contributed by atoms with E-state index in [1.54, 1.807) is 0 Å². The van der Waals surface area contributed by atoms with Crippen LogP contribution in [0.1, 0.15) is 41.7 Å². The van der Waals surface area contributed by atoms with Gasteiger partial charge in [-0.05, 0) is 18.9 Å². The summed E-state index contributed by atoms with van der Waals surface area (Å²) >= 11 is 0.640. The van der Waals surface area contributed by atoms with Crippen LogP contribution in [0.15, 0.2) is 40.2 Å². The van der Waals surface area contributed by atoms with Gasteiger partial charge in [0.25, 0.3) is 9.84 Å². The summed E-state index contributed by atoms with van der Waals surface area (Å²) in [5, 5.41) is 4.60. The molecule has 4 rings (SSSR count). The number of aromatic nitrogens is 4. The summed E-state index contributed by atoms with van der Waals surface area (Å²) in [6.07, 6.45) is 9.88. The average Bonchev–Trinajstić information content (AvgIpc) is 3.59. The normalized spacial score (nSPS) is 14.6. The molecule has 0 saturated heterocycles. The number of urea groups is 1. The lowest BCUT2D eigenvalue weighted by Crippen LogP contribution is -2.23. The fourth-order valence-electron chi connectivity index (χ4n) is 3.76. The van der Waals surface area contributed by atoms with E-state index >= 15 is 0 Å². The molecule has 36 heavy (non-hydrogen) atoms. The number of carbonyl (C=O) groups is 2. The van der Waals surface area contributed by atoms with Crippen molar-refractivity contribution in [3.8, 4) is 0 Å². The number of aromatic amines is 1. The minimum Gasteiger partial charge on any atom is -0.335 e. The number of Topliss-reactive ketones (excluding diaryl/α,β-unsaturated/α-hetero) is 1. The quantitative estimate of drug-likeness (QED) is 0.287. The molecule has 0 unspecified atom stereocenters. The second-order valence-corrected chi connectivity index (χ2v) is 13.0. The second kappa shape index (κ2) is 10.4. The number of carbonyl (C=O) groups excluding carboxylic acids is 2. The molecule has 3 heterocycles. The van der Waals surface area contributed by atoms with Crippen LogP contribution in [0.2, 0.25) is 0 Å². The van der Waals surface area contributed by atoms with Gasteiger partial charge in [-0.3, -0.25) is 15.1 Å². The van der Waals surface area contributed by atoms with Crippen molar-refractivity contribution in [3.05, 3.63) is 42.1 Å². The molecule has 13 nitrogen and oxygen atoms in total. The molecule has 0 aromatic carbocycles. The summed E-state index contributed by atoms with van der Waals surface area (Å²) in [4.78, 5) is 40.0. The highest BCUT2D eigenvalue weighted by atomic mass is 32.2. The maximum absolute atomic E-state index is 13.0. The Bertz CT molecular complexity index is 1480. The zero-order chi connectivity index (χ0) is 25.9. The SMILES string of the molecule is CS(=O)(=O)NCc1nc(NC(=O)Nc2ccncc2C(=O)C2CCCC2)sc1S(=O)(=O)c1ncc[nH]1. The first kappa shape index (κ1) is 25.9. The van der Waals surface area contributed by atoms with E-state index in [2.05, 4.69) is 35.3 Å². The second-order valence-electron chi connectivity index (χ2n) is 8.09. The number of sulfonamides is 1. The lowest BCUT2D eigenvalue weighted by molar-refractivity contribution is 0.0923. The third kappa shape index (κ3) is 5.95. The summed E-state index contributed by atoms with van der Waals surface area (Å²) in [6.45, 7) is -0.418. The first-order valence-corrected chi connectivity index (χ1v) is 15.0. The van der Waals surface area contributed by atoms with E-state index in [0.29, 0.717) is 11.3 Å². The molecule has 0 aliphatic heterocycles. The molecule has 1 aliphatic carbocycles. The number of anilines is 2. The summed E-state index contributed by atoms with van der Waals surface area (Å²) in [5.74, 6) is -0.206. The van der Waals surface area contributed by atoms with Crippen LogP contribution in [-0.4, -0.2) is 54.8 Å². The molecule has 0 bridgehead atoms. The lowest BCUT2D eigenvalue weighted by Gasteiger charge is -2.13. The number of thiazole rings is 1. The Morgan fingerprint density at radius 3 is 2.56 bits per heavy atom. The average molecular weight is 554 g/mol. The highest BCUT2D eigenvalue weighted by Gasteiger charge is 2.30. The van der Waals surface area contributed by atoms with Crippen LogP contribution in [0.3, 0.4) is 0 Å². The number of amides is 2. The number of nitrogens with zero attached hydrogens (tertiary/aromatic N) is 3. The molecular weight excluding hydrogens is 530 g/mol. The predicted octanol–water partition coefficient (Wildman–Crippen LogP) is 2.16. The van der Waals surface area contributed by atoms with Gasteiger partial charge in [0.15, 0.2) is 15.1 Å². The maximum Gasteiger partial charge on any atom is 0.325 e. The van der Waals surface area contributed by atoms with E-state index < -0.39 is 32.4 Å².